The Hall–Kier alpha value is -2.64. The Bertz CT molecular complexity index is 785. The van der Waals surface area contributed by atoms with E-state index in [1.807, 2.05) is 23.6 Å². The molecule has 0 aliphatic carbocycles. The second-order valence-corrected chi connectivity index (χ2v) is 8.62. The molecule has 1 aromatic carbocycles. The van der Waals surface area contributed by atoms with Crippen molar-refractivity contribution in [2.75, 3.05) is 62.2 Å². The lowest BCUT2D eigenvalue weighted by Crippen LogP contribution is -2.56. The van der Waals surface area contributed by atoms with Crippen molar-refractivity contribution >= 4 is 23.4 Å². The van der Waals surface area contributed by atoms with E-state index in [0.717, 1.165) is 39.3 Å². The van der Waals surface area contributed by atoms with E-state index in [1.165, 1.54) is 16.9 Å². The number of nitrogens with zero attached hydrogens (tertiary/aromatic N) is 4. The second kappa shape index (κ2) is 10.1. The summed E-state index contributed by atoms with van der Waals surface area (Å²) in [6, 6.07) is 7.16. The molecule has 2 heterocycles. The summed E-state index contributed by atoms with van der Waals surface area (Å²) in [5.74, 6) is 0. The lowest BCUT2D eigenvalue weighted by atomic mass is 10.1. The highest BCUT2D eigenvalue weighted by molar-refractivity contribution is 5.75. The Kier molecular flexibility index (Phi) is 7.51. The van der Waals surface area contributed by atoms with Crippen LogP contribution < -0.4 is 20.4 Å². The molecule has 0 unspecified atom stereocenters. The monoisotopic (exact) mass is 430 g/mol. The van der Waals surface area contributed by atoms with Gasteiger partial charge in [-0.15, -0.1) is 0 Å². The van der Waals surface area contributed by atoms with Crippen molar-refractivity contribution in [3.63, 3.8) is 0 Å². The molecule has 2 fully saturated rings. The van der Waals surface area contributed by atoms with Crippen molar-refractivity contribution in [3.8, 4) is 0 Å². The van der Waals surface area contributed by atoms with Gasteiger partial charge >= 0.3 is 12.1 Å². The quantitative estimate of drug-likeness (QED) is 0.770. The first kappa shape index (κ1) is 23.0. The third-order valence-electron chi connectivity index (χ3n) is 6.31. The number of piperazine rings is 2. The Morgan fingerprint density at radius 1 is 0.935 bits per heavy atom. The van der Waals surface area contributed by atoms with Gasteiger partial charge in [-0.2, -0.15) is 0 Å². The van der Waals surface area contributed by atoms with Crippen LogP contribution in [0.3, 0.4) is 0 Å². The molecule has 2 aliphatic heterocycles. The van der Waals surface area contributed by atoms with Crippen LogP contribution in [0.15, 0.2) is 18.2 Å². The van der Waals surface area contributed by atoms with Gasteiger partial charge in [0.2, 0.25) is 0 Å². The Morgan fingerprint density at radius 3 is 2.26 bits per heavy atom. The number of rotatable bonds is 4. The molecule has 0 aromatic heterocycles. The largest absolute Gasteiger partial charge is 0.367 e. The zero-order valence-electron chi connectivity index (χ0n) is 19.6. The Balaban J connectivity index is 1.64. The second-order valence-electron chi connectivity index (χ2n) is 8.62. The van der Waals surface area contributed by atoms with Gasteiger partial charge in [0.05, 0.1) is 0 Å². The predicted molar refractivity (Wildman–Crippen MR) is 126 cm³/mol. The van der Waals surface area contributed by atoms with Crippen molar-refractivity contribution in [3.05, 3.63) is 23.8 Å². The van der Waals surface area contributed by atoms with Gasteiger partial charge in [0.15, 0.2) is 0 Å². The fraction of sp³-hybridized carbons (Fsp3) is 0.652. The number of carbonyl (C=O) groups excluding carboxylic acids is 2. The van der Waals surface area contributed by atoms with Gasteiger partial charge < -0.3 is 30.2 Å². The fourth-order valence-corrected chi connectivity index (χ4v) is 4.69. The summed E-state index contributed by atoms with van der Waals surface area (Å²) < 4.78 is 0. The third kappa shape index (κ3) is 5.17. The molecule has 4 amide bonds. The van der Waals surface area contributed by atoms with Crippen LogP contribution in [0.25, 0.3) is 0 Å². The van der Waals surface area contributed by atoms with Crippen LogP contribution in [0.4, 0.5) is 21.0 Å². The molecular formula is C23H38N6O2. The molecule has 1 aromatic rings. The van der Waals surface area contributed by atoms with Crippen molar-refractivity contribution in [1.82, 2.24) is 20.4 Å². The van der Waals surface area contributed by atoms with E-state index in [9.17, 15) is 9.59 Å². The molecule has 31 heavy (non-hydrogen) atoms. The summed E-state index contributed by atoms with van der Waals surface area (Å²) in [6.07, 6.45) is 0. The van der Waals surface area contributed by atoms with E-state index in [2.05, 4.69) is 59.4 Å². The number of urea groups is 2. The number of nitrogens with one attached hydrogen (secondary N) is 2. The van der Waals surface area contributed by atoms with E-state index < -0.39 is 0 Å². The molecule has 2 atom stereocenters. The van der Waals surface area contributed by atoms with Gasteiger partial charge in [0, 0.05) is 75.8 Å². The SMILES string of the molecule is CCNC(=O)N1CCN(c2ccc(N3CCN(C(=O)NCC)[C@@H](C)C3)c(C)c2)[C@@H](C)C1. The number of amides is 4. The molecule has 3 rings (SSSR count). The zero-order chi connectivity index (χ0) is 22.5. The van der Waals surface area contributed by atoms with Gasteiger partial charge in [-0.25, -0.2) is 9.59 Å². The fourth-order valence-electron chi connectivity index (χ4n) is 4.69. The minimum absolute atomic E-state index is 0.0291. The molecule has 172 valence electrons. The summed E-state index contributed by atoms with van der Waals surface area (Å²) >= 11 is 0. The molecule has 2 saturated heterocycles. The van der Waals surface area contributed by atoms with Crippen molar-refractivity contribution < 1.29 is 9.59 Å². The number of anilines is 2. The molecular weight excluding hydrogens is 392 g/mol. The zero-order valence-corrected chi connectivity index (χ0v) is 19.6. The highest BCUT2D eigenvalue weighted by Crippen LogP contribution is 2.29. The predicted octanol–water partition coefficient (Wildman–Crippen LogP) is 2.48. The first-order chi connectivity index (χ1) is 14.8. The van der Waals surface area contributed by atoms with Gasteiger partial charge in [-0.3, -0.25) is 0 Å². The molecule has 0 radical (unpaired) electrons. The maximum atomic E-state index is 12.2. The van der Waals surface area contributed by atoms with E-state index >= 15 is 0 Å². The van der Waals surface area contributed by atoms with Crippen LogP contribution in [0.2, 0.25) is 0 Å². The van der Waals surface area contributed by atoms with E-state index in [0.29, 0.717) is 13.1 Å². The number of hydrogen-bond donors (Lipinski definition) is 2. The molecule has 8 heteroatoms. The lowest BCUT2D eigenvalue weighted by molar-refractivity contribution is 0.172. The van der Waals surface area contributed by atoms with Crippen molar-refractivity contribution in [1.29, 1.82) is 0 Å². The normalized spacial score (nSPS) is 21.8. The van der Waals surface area contributed by atoms with Crippen molar-refractivity contribution in [2.45, 2.75) is 46.7 Å². The number of hydrogen-bond acceptors (Lipinski definition) is 4. The first-order valence-corrected chi connectivity index (χ1v) is 11.5. The summed E-state index contributed by atoms with van der Waals surface area (Å²) in [5, 5.41) is 5.81. The smallest absolute Gasteiger partial charge is 0.317 e. The van der Waals surface area contributed by atoms with Crippen LogP contribution in [-0.4, -0.2) is 86.3 Å². The minimum atomic E-state index is 0.0291. The van der Waals surface area contributed by atoms with E-state index in [1.54, 1.807) is 0 Å². The molecule has 2 N–H and O–H groups in total. The highest BCUT2D eigenvalue weighted by atomic mass is 16.2. The van der Waals surface area contributed by atoms with Crippen LogP contribution >= 0.6 is 0 Å². The van der Waals surface area contributed by atoms with Gasteiger partial charge in [-0.1, -0.05) is 0 Å². The van der Waals surface area contributed by atoms with Crippen LogP contribution in [0.1, 0.15) is 33.3 Å². The minimum Gasteiger partial charge on any atom is -0.367 e. The van der Waals surface area contributed by atoms with E-state index in [-0.39, 0.29) is 24.1 Å². The average Bonchev–Trinajstić information content (AvgIpc) is 2.73. The van der Waals surface area contributed by atoms with Crippen LogP contribution in [-0.2, 0) is 0 Å². The van der Waals surface area contributed by atoms with Gasteiger partial charge in [-0.05, 0) is 58.4 Å². The summed E-state index contributed by atoms with van der Waals surface area (Å²) in [6.45, 7) is 16.4. The number of aryl methyl sites for hydroxylation is 1. The highest BCUT2D eigenvalue weighted by Gasteiger charge is 2.29. The van der Waals surface area contributed by atoms with Crippen LogP contribution in [0.5, 0.6) is 0 Å². The summed E-state index contributed by atoms with van der Waals surface area (Å²) in [5.41, 5.74) is 3.69. The molecule has 8 nitrogen and oxygen atoms in total. The lowest BCUT2D eigenvalue weighted by Gasteiger charge is -2.42. The van der Waals surface area contributed by atoms with Crippen molar-refractivity contribution in [2.24, 2.45) is 0 Å². The Morgan fingerprint density at radius 2 is 1.65 bits per heavy atom. The maximum Gasteiger partial charge on any atom is 0.317 e. The summed E-state index contributed by atoms with van der Waals surface area (Å²) in [7, 11) is 0. The first-order valence-electron chi connectivity index (χ1n) is 11.5. The molecule has 0 bridgehead atoms. The maximum absolute atomic E-state index is 12.2. The molecule has 2 aliphatic rings. The molecule has 0 spiro atoms. The number of benzene rings is 1. The summed E-state index contributed by atoms with van der Waals surface area (Å²) in [4.78, 5) is 33.0. The van der Waals surface area contributed by atoms with Gasteiger partial charge in [0.1, 0.15) is 0 Å². The average molecular weight is 431 g/mol. The number of carbonyl (C=O) groups is 2. The standard InChI is InChI=1S/C23H38N6O2/c1-6-24-22(30)27-11-12-28(18(4)16-27)20-8-9-21(17(3)14-20)26-10-13-29(19(5)15-26)23(31)25-7-2/h8-9,14,18-19H,6-7,10-13,15-16H2,1-5H3,(H,24,30)(H,25,31)/t18-,19-/m0/s1. The topological polar surface area (TPSA) is 71.2 Å². The van der Waals surface area contributed by atoms with Crippen LogP contribution in [0, 0.1) is 6.92 Å². The Labute approximate surface area is 186 Å². The van der Waals surface area contributed by atoms with E-state index in [4.69, 9.17) is 0 Å². The van der Waals surface area contributed by atoms with Gasteiger partial charge in [0.25, 0.3) is 0 Å². The molecule has 0 saturated carbocycles. The third-order valence-corrected chi connectivity index (χ3v) is 6.31.